The maximum absolute atomic E-state index is 3.65. The van der Waals surface area contributed by atoms with Crippen molar-refractivity contribution >= 4 is 0 Å². The Kier molecular flexibility index (Phi) is 5.62. The normalized spacial score (nSPS) is 17.0. The van der Waals surface area contributed by atoms with E-state index in [0.29, 0.717) is 6.04 Å². The molecule has 1 N–H and O–H groups in total. The van der Waals surface area contributed by atoms with Crippen LogP contribution in [0.2, 0.25) is 0 Å². The summed E-state index contributed by atoms with van der Waals surface area (Å²) in [6.07, 6.45) is 5.34. The van der Waals surface area contributed by atoms with Crippen LogP contribution in [-0.4, -0.2) is 36.1 Å². The van der Waals surface area contributed by atoms with Gasteiger partial charge in [-0.15, -0.1) is 0 Å². The van der Waals surface area contributed by atoms with Crippen LogP contribution in [0.15, 0.2) is 0 Å². The Morgan fingerprint density at radius 1 is 1.20 bits per heavy atom. The van der Waals surface area contributed by atoms with Gasteiger partial charge in [-0.05, 0) is 39.5 Å². The largest absolute Gasteiger partial charge is 0.313 e. The fraction of sp³-hybridized carbons (Fsp3) is 1.00. The van der Waals surface area contributed by atoms with Gasteiger partial charge in [0.15, 0.2) is 0 Å². The first-order valence-corrected chi connectivity index (χ1v) is 6.68. The summed E-state index contributed by atoms with van der Waals surface area (Å²) in [5.41, 5.74) is 0. The average molecular weight is 212 g/mol. The lowest BCUT2D eigenvalue weighted by Gasteiger charge is -2.27. The summed E-state index contributed by atoms with van der Waals surface area (Å²) in [5.74, 6) is 0. The molecule has 1 saturated carbocycles. The molecule has 0 spiro atoms. The highest BCUT2D eigenvalue weighted by Gasteiger charge is 2.29. The Morgan fingerprint density at radius 3 is 2.20 bits per heavy atom. The molecule has 0 amide bonds. The number of nitrogens with one attached hydrogen (secondary N) is 1. The molecule has 1 aliphatic carbocycles. The highest BCUT2D eigenvalue weighted by Crippen LogP contribution is 2.27. The lowest BCUT2D eigenvalue weighted by Crippen LogP contribution is -2.40. The Labute approximate surface area is 95.4 Å². The lowest BCUT2D eigenvalue weighted by atomic mass is 10.2. The summed E-state index contributed by atoms with van der Waals surface area (Å²) < 4.78 is 0. The van der Waals surface area contributed by atoms with Crippen molar-refractivity contribution in [3.8, 4) is 0 Å². The molecule has 0 radical (unpaired) electrons. The Hall–Kier alpha value is -0.0800. The van der Waals surface area contributed by atoms with Gasteiger partial charge in [0, 0.05) is 31.2 Å². The van der Waals surface area contributed by atoms with Crippen molar-refractivity contribution in [2.75, 3.05) is 13.1 Å². The van der Waals surface area contributed by atoms with Crippen LogP contribution < -0.4 is 5.32 Å². The predicted octanol–water partition coefficient (Wildman–Crippen LogP) is 2.64. The standard InChI is InChI=1S/C13H28N2/c1-5-12(6-2)14-9-10-15(11(3)4)13-7-8-13/h11-14H,5-10H2,1-4H3. The van der Waals surface area contributed by atoms with E-state index in [1.807, 2.05) is 0 Å². The molecular formula is C13H28N2. The van der Waals surface area contributed by atoms with Gasteiger partial charge in [0.05, 0.1) is 0 Å². The molecule has 1 fully saturated rings. The molecule has 0 unspecified atom stereocenters. The van der Waals surface area contributed by atoms with E-state index >= 15 is 0 Å². The number of rotatable bonds is 8. The maximum atomic E-state index is 3.65. The van der Waals surface area contributed by atoms with Gasteiger partial charge in [0.1, 0.15) is 0 Å². The van der Waals surface area contributed by atoms with Crippen molar-refractivity contribution in [3.63, 3.8) is 0 Å². The van der Waals surface area contributed by atoms with E-state index in [1.54, 1.807) is 0 Å². The van der Waals surface area contributed by atoms with Gasteiger partial charge < -0.3 is 5.32 Å². The quantitative estimate of drug-likeness (QED) is 0.665. The molecule has 90 valence electrons. The van der Waals surface area contributed by atoms with Gasteiger partial charge >= 0.3 is 0 Å². The Bertz CT molecular complexity index is 158. The van der Waals surface area contributed by atoms with Gasteiger partial charge in [0.25, 0.3) is 0 Å². The average Bonchev–Trinajstić information content (AvgIpc) is 3.01. The number of nitrogens with zero attached hydrogens (tertiary/aromatic N) is 1. The monoisotopic (exact) mass is 212 g/mol. The highest BCUT2D eigenvalue weighted by atomic mass is 15.2. The molecule has 0 heterocycles. The van der Waals surface area contributed by atoms with Crippen LogP contribution in [0.3, 0.4) is 0 Å². The Balaban J connectivity index is 2.16. The first-order chi connectivity index (χ1) is 7.19. The molecule has 0 saturated heterocycles. The zero-order valence-corrected chi connectivity index (χ0v) is 10.9. The van der Waals surface area contributed by atoms with Gasteiger partial charge in [-0.2, -0.15) is 0 Å². The predicted molar refractivity (Wildman–Crippen MR) is 67.2 cm³/mol. The number of hydrogen-bond acceptors (Lipinski definition) is 2. The first kappa shape index (κ1) is 13.0. The van der Waals surface area contributed by atoms with Gasteiger partial charge in [0.2, 0.25) is 0 Å². The van der Waals surface area contributed by atoms with E-state index < -0.39 is 0 Å². The minimum atomic E-state index is 0.709. The van der Waals surface area contributed by atoms with Crippen LogP contribution in [0.25, 0.3) is 0 Å². The van der Waals surface area contributed by atoms with E-state index in [2.05, 4.69) is 37.9 Å². The van der Waals surface area contributed by atoms with Crippen LogP contribution in [0.4, 0.5) is 0 Å². The van der Waals surface area contributed by atoms with Crippen LogP contribution in [0.1, 0.15) is 53.4 Å². The fourth-order valence-electron chi connectivity index (χ4n) is 2.24. The third-order valence-electron chi connectivity index (χ3n) is 3.47. The molecule has 0 aromatic heterocycles. The minimum absolute atomic E-state index is 0.709. The maximum Gasteiger partial charge on any atom is 0.0113 e. The third-order valence-corrected chi connectivity index (χ3v) is 3.47. The molecule has 2 heteroatoms. The van der Waals surface area contributed by atoms with Crippen LogP contribution in [0, 0.1) is 0 Å². The van der Waals surface area contributed by atoms with E-state index in [0.717, 1.165) is 18.6 Å². The second-order valence-electron chi connectivity index (χ2n) is 5.03. The van der Waals surface area contributed by atoms with Crippen LogP contribution in [0.5, 0.6) is 0 Å². The van der Waals surface area contributed by atoms with Crippen molar-refractivity contribution in [2.24, 2.45) is 0 Å². The Morgan fingerprint density at radius 2 is 1.80 bits per heavy atom. The zero-order valence-electron chi connectivity index (χ0n) is 10.9. The molecule has 0 aromatic rings. The summed E-state index contributed by atoms with van der Waals surface area (Å²) in [6.45, 7) is 11.5. The summed E-state index contributed by atoms with van der Waals surface area (Å²) in [5, 5.41) is 3.65. The zero-order chi connectivity index (χ0) is 11.3. The van der Waals surface area contributed by atoms with Crippen molar-refractivity contribution in [2.45, 2.75) is 71.5 Å². The van der Waals surface area contributed by atoms with E-state index in [9.17, 15) is 0 Å². The molecule has 1 rings (SSSR count). The molecular weight excluding hydrogens is 184 g/mol. The molecule has 2 nitrogen and oxygen atoms in total. The summed E-state index contributed by atoms with van der Waals surface area (Å²) in [6, 6.07) is 2.33. The topological polar surface area (TPSA) is 15.3 Å². The van der Waals surface area contributed by atoms with E-state index in [-0.39, 0.29) is 0 Å². The second kappa shape index (κ2) is 6.49. The van der Waals surface area contributed by atoms with Crippen molar-refractivity contribution in [1.82, 2.24) is 10.2 Å². The van der Waals surface area contributed by atoms with E-state index in [4.69, 9.17) is 0 Å². The molecule has 0 bridgehead atoms. The van der Waals surface area contributed by atoms with Crippen molar-refractivity contribution in [1.29, 1.82) is 0 Å². The lowest BCUT2D eigenvalue weighted by molar-refractivity contribution is 0.208. The second-order valence-corrected chi connectivity index (χ2v) is 5.03. The van der Waals surface area contributed by atoms with Gasteiger partial charge in [-0.25, -0.2) is 0 Å². The van der Waals surface area contributed by atoms with E-state index in [1.165, 1.54) is 32.2 Å². The third kappa shape index (κ3) is 4.52. The summed E-state index contributed by atoms with van der Waals surface area (Å²) >= 11 is 0. The van der Waals surface area contributed by atoms with Gasteiger partial charge in [-0.1, -0.05) is 13.8 Å². The van der Waals surface area contributed by atoms with Crippen molar-refractivity contribution in [3.05, 3.63) is 0 Å². The van der Waals surface area contributed by atoms with Crippen LogP contribution in [-0.2, 0) is 0 Å². The molecule has 0 aromatic carbocycles. The minimum Gasteiger partial charge on any atom is -0.313 e. The molecule has 1 aliphatic rings. The van der Waals surface area contributed by atoms with Gasteiger partial charge in [-0.3, -0.25) is 4.90 Å². The summed E-state index contributed by atoms with van der Waals surface area (Å²) in [4.78, 5) is 2.65. The summed E-state index contributed by atoms with van der Waals surface area (Å²) in [7, 11) is 0. The first-order valence-electron chi connectivity index (χ1n) is 6.68. The SMILES string of the molecule is CCC(CC)NCCN(C(C)C)C1CC1. The fourth-order valence-corrected chi connectivity index (χ4v) is 2.24. The highest BCUT2D eigenvalue weighted by molar-refractivity contribution is 4.86. The van der Waals surface area contributed by atoms with Crippen molar-refractivity contribution < 1.29 is 0 Å². The van der Waals surface area contributed by atoms with Crippen LogP contribution >= 0.6 is 0 Å². The number of hydrogen-bond donors (Lipinski definition) is 1. The smallest absolute Gasteiger partial charge is 0.0113 e. The molecule has 0 atom stereocenters. The molecule has 15 heavy (non-hydrogen) atoms. The molecule has 0 aliphatic heterocycles.